The molecule has 2 aliphatic rings. The van der Waals surface area contributed by atoms with E-state index in [9.17, 15) is 33.6 Å². The molecule has 0 aromatic rings. The first-order chi connectivity index (χ1) is 13.0. The molecule has 0 saturated carbocycles. The normalized spacial score (nSPS) is 34.5. The van der Waals surface area contributed by atoms with Crippen LogP contribution in [0, 0.1) is 0 Å². The fraction of sp³-hybridized carbons (Fsp3) is 0.700. The van der Waals surface area contributed by atoms with E-state index in [0.717, 1.165) is 16.7 Å². The standard InChI is InChI=1S/C10H19N2O13P3S/c1-10(15)4-6(29-8(10)12-3-2-7(13)11-9(12)14)5-23-27(19,20)25-28(21,22)24-26(16,17)18/h2-3,6-8,13,15H,4-5H2,1H3,(H,11,14)(H,19,20)(H,21,22)(H2,16,17,18). The van der Waals surface area contributed by atoms with Crippen LogP contribution in [0.4, 0.5) is 4.79 Å². The van der Waals surface area contributed by atoms with E-state index >= 15 is 0 Å². The van der Waals surface area contributed by atoms with Gasteiger partial charge in [0.1, 0.15) is 11.6 Å². The number of amides is 2. The third kappa shape index (κ3) is 7.40. The SMILES string of the molecule is CC1(O)CC(COP(=O)(O)OP(=O)(O)OP(=O)(O)O)SC1N1C=CC(O)NC1=O. The number of hydrogen-bond acceptors (Lipinski definition) is 10. The van der Waals surface area contributed by atoms with Gasteiger partial charge >= 0.3 is 29.5 Å². The van der Waals surface area contributed by atoms with Crippen LogP contribution in [0.15, 0.2) is 12.3 Å². The molecule has 0 radical (unpaired) electrons. The summed E-state index contributed by atoms with van der Waals surface area (Å²) in [7, 11) is -16.4. The zero-order valence-corrected chi connectivity index (χ0v) is 18.0. The number of aliphatic hydroxyl groups is 2. The Labute approximate surface area is 168 Å². The van der Waals surface area contributed by atoms with Gasteiger partial charge in [-0.1, -0.05) is 0 Å². The largest absolute Gasteiger partial charge is 0.490 e. The summed E-state index contributed by atoms with van der Waals surface area (Å²) in [6.07, 6.45) is 1.31. The predicted octanol–water partition coefficient (Wildman–Crippen LogP) is -0.230. The van der Waals surface area contributed by atoms with E-state index in [1.54, 1.807) is 0 Å². The first-order valence-corrected chi connectivity index (χ1v) is 13.1. The van der Waals surface area contributed by atoms with E-state index in [0.29, 0.717) is 0 Å². The lowest BCUT2D eigenvalue weighted by atomic mass is 10.00. The summed E-state index contributed by atoms with van der Waals surface area (Å²) in [5.74, 6) is 0. The minimum absolute atomic E-state index is 0.0295. The molecule has 0 spiro atoms. The van der Waals surface area contributed by atoms with Gasteiger partial charge in [-0.2, -0.15) is 8.62 Å². The zero-order valence-electron chi connectivity index (χ0n) is 14.5. The molecule has 2 aliphatic heterocycles. The summed E-state index contributed by atoms with van der Waals surface area (Å²) in [6, 6.07) is -0.689. The number of phosphoric acid groups is 3. The average molecular weight is 500 g/mol. The molecule has 0 aromatic carbocycles. The monoisotopic (exact) mass is 500 g/mol. The van der Waals surface area contributed by atoms with Crippen molar-refractivity contribution in [1.82, 2.24) is 10.2 Å². The lowest BCUT2D eigenvalue weighted by Crippen LogP contribution is -2.53. The fourth-order valence-electron chi connectivity index (χ4n) is 2.56. The van der Waals surface area contributed by atoms with Crippen molar-refractivity contribution in [2.75, 3.05) is 6.61 Å². The highest BCUT2D eigenvalue weighted by molar-refractivity contribution is 8.00. The number of rotatable bonds is 8. The molecular formula is C10H19N2O13P3S. The van der Waals surface area contributed by atoms with Crippen LogP contribution >= 0.6 is 35.2 Å². The molecule has 1 saturated heterocycles. The minimum Gasteiger partial charge on any atom is -0.387 e. The number of aliphatic hydroxyl groups excluding tert-OH is 1. The van der Waals surface area contributed by atoms with Crippen molar-refractivity contribution in [3.8, 4) is 0 Å². The number of phosphoric ester groups is 1. The highest BCUT2D eigenvalue weighted by atomic mass is 32.2. The van der Waals surface area contributed by atoms with Crippen LogP contribution in [-0.2, 0) is 26.8 Å². The van der Waals surface area contributed by atoms with Crippen LogP contribution in [0.2, 0.25) is 0 Å². The van der Waals surface area contributed by atoms with Crippen molar-refractivity contribution >= 4 is 41.3 Å². The Bertz CT molecular complexity index is 815. The Balaban J connectivity index is 1.98. The smallest absolute Gasteiger partial charge is 0.387 e. The Morgan fingerprint density at radius 1 is 1.24 bits per heavy atom. The summed E-state index contributed by atoms with van der Waals surface area (Å²) >= 11 is 0.980. The number of carbonyl (C=O) groups is 1. The van der Waals surface area contributed by atoms with Crippen molar-refractivity contribution in [3.05, 3.63) is 12.3 Å². The van der Waals surface area contributed by atoms with Crippen molar-refractivity contribution in [3.63, 3.8) is 0 Å². The maximum Gasteiger partial charge on any atom is 0.490 e. The fourth-order valence-corrected chi connectivity index (χ4v) is 7.35. The van der Waals surface area contributed by atoms with E-state index in [-0.39, 0.29) is 6.42 Å². The number of nitrogens with zero attached hydrogens (tertiary/aromatic N) is 1. The maximum absolute atomic E-state index is 12.0. The maximum atomic E-state index is 12.0. The van der Waals surface area contributed by atoms with E-state index in [2.05, 4.69) is 18.5 Å². The van der Waals surface area contributed by atoms with Crippen molar-refractivity contribution in [1.29, 1.82) is 0 Å². The van der Waals surface area contributed by atoms with Gasteiger partial charge in [-0.05, 0) is 19.4 Å². The average Bonchev–Trinajstić information content (AvgIpc) is 2.76. The summed E-state index contributed by atoms with van der Waals surface area (Å²) in [6.45, 7) is 0.810. The van der Waals surface area contributed by atoms with Gasteiger partial charge in [0, 0.05) is 11.4 Å². The Morgan fingerprint density at radius 2 is 1.86 bits per heavy atom. The van der Waals surface area contributed by atoms with Crippen LogP contribution in [0.3, 0.4) is 0 Å². The molecule has 2 heterocycles. The van der Waals surface area contributed by atoms with Gasteiger partial charge in [-0.25, -0.2) is 18.5 Å². The highest BCUT2D eigenvalue weighted by Crippen LogP contribution is 2.66. The molecule has 7 N–H and O–H groups in total. The second-order valence-electron chi connectivity index (χ2n) is 6.20. The van der Waals surface area contributed by atoms with E-state index in [1.165, 1.54) is 19.2 Å². The molecule has 0 aromatic heterocycles. The molecule has 29 heavy (non-hydrogen) atoms. The van der Waals surface area contributed by atoms with Gasteiger partial charge in [-0.15, -0.1) is 11.8 Å². The molecule has 2 amide bonds. The lowest BCUT2D eigenvalue weighted by molar-refractivity contribution is 0.0213. The quantitative estimate of drug-likeness (QED) is 0.213. The summed E-state index contributed by atoms with van der Waals surface area (Å²) in [5, 5.41) is 20.6. The second-order valence-corrected chi connectivity index (χ2v) is 12.0. The van der Waals surface area contributed by atoms with Crippen molar-refractivity contribution in [2.45, 2.75) is 35.8 Å². The molecule has 0 aliphatic carbocycles. The number of carbonyl (C=O) groups excluding carboxylic acids is 1. The summed E-state index contributed by atoms with van der Waals surface area (Å²) in [5.41, 5.74) is -1.47. The third-order valence-corrected chi connectivity index (χ3v) is 9.00. The van der Waals surface area contributed by atoms with Gasteiger partial charge in [0.25, 0.3) is 0 Å². The van der Waals surface area contributed by atoms with Gasteiger partial charge in [0.2, 0.25) is 0 Å². The highest BCUT2D eigenvalue weighted by Gasteiger charge is 2.49. The van der Waals surface area contributed by atoms with Crippen LogP contribution in [-0.4, -0.2) is 69.8 Å². The van der Waals surface area contributed by atoms with Gasteiger partial charge in [-0.3, -0.25) is 9.42 Å². The van der Waals surface area contributed by atoms with Crippen LogP contribution in [0.5, 0.6) is 0 Å². The van der Waals surface area contributed by atoms with E-state index in [4.69, 9.17) is 14.7 Å². The number of thioether (sulfide) groups is 1. The first kappa shape index (κ1) is 25.0. The minimum atomic E-state index is -5.62. The summed E-state index contributed by atoms with van der Waals surface area (Å²) in [4.78, 5) is 48.6. The van der Waals surface area contributed by atoms with E-state index < -0.39 is 58.6 Å². The predicted molar refractivity (Wildman–Crippen MR) is 95.7 cm³/mol. The van der Waals surface area contributed by atoms with Crippen LogP contribution < -0.4 is 5.32 Å². The summed E-state index contributed by atoms with van der Waals surface area (Å²) < 4.78 is 45.4. The zero-order chi connectivity index (χ0) is 22.3. The van der Waals surface area contributed by atoms with E-state index in [1.807, 2.05) is 0 Å². The first-order valence-electron chi connectivity index (χ1n) is 7.61. The topological polar surface area (TPSA) is 233 Å². The molecule has 15 nitrogen and oxygen atoms in total. The van der Waals surface area contributed by atoms with Gasteiger partial charge < -0.3 is 35.1 Å². The Kier molecular flexibility index (Phi) is 7.46. The second kappa shape index (κ2) is 8.67. The molecule has 0 bridgehead atoms. The lowest BCUT2D eigenvalue weighted by Gasteiger charge is -2.35. The molecule has 19 heteroatoms. The number of nitrogens with one attached hydrogen (secondary N) is 1. The van der Waals surface area contributed by atoms with Gasteiger partial charge in [0.05, 0.1) is 12.2 Å². The molecular weight excluding hydrogens is 481 g/mol. The van der Waals surface area contributed by atoms with Crippen molar-refractivity contribution in [2.24, 2.45) is 0 Å². The molecule has 1 fully saturated rings. The molecule has 6 unspecified atom stereocenters. The molecule has 6 atom stereocenters. The molecule has 2 rings (SSSR count). The number of hydrogen-bond donors (Lipinski definition) is 7. The Morgan fingerprint density at radius 3 is 2.41 bits per heavy atom. The van der Waals surface area contributed by atoms with Gasteiger partial charge in [0.15, 0.2) is 0 Å². The molecule has 168 valence electrons. The number of urea groups is 1. The van der Waals surface area contributed by atoms with Crippen LogP contribution in [0.1, 0.15) is 13.3 Å². The third-order valence-electron chi connectivity index (χ3n) is 3.52. The van der Waals surface area contributed by atoms with Crippen LogP contribution in [0.25, 0.3) is 0 Å². The van der Waals surface area contributed by atoms with Crippen molar-refractivity contribution < 1.29 is 61.4 Å². The Hall–Kier alpha value is -0.310.